The van der Waals surface area contributed by atoms with Crippen LogP contribution < -0.4 is 10.6 Å². The second-order valence-electron chi connectivity index (χ2n) is 10.8. The van der Waals surface area contributed by atoms with Gasteiger partial charge in [0, 0.05) is 58.8 Å². The molecule has 4 rings (SSSR count). The number of rotatable bonds is 9. The second kappa shape index (κ2) is 14.1. The number of nitrogens with one attached hydrogen (secondary N) is 2. The molecule has 3 aliphatic rings. The molecule has 0 spiro atoms. The van der Waals surface area contributed by atoms with Crippen molar-refractivity contribution in [3.8, 4) is 0 Å². The van der Waals surface area contributed by atoms with E-state index in [0.29, 0.717) is 31.3 Å². The third-order valence-electron chi connectivity index (χ3n) is 8.08. The maximum Gasteiger partial charge on any atom is 0.315 e. The Kier molecular flexibility index (Phi) is 10.6. The zero-order chi connectivity index (χ0) is 26.0. The summed E-state index contributed by atoms with van der Waals surface area (Å²) >= 11 is 0. The van der Waals surface area contributed by atoms with Gasteiger partial charge in [0.1, 0.15) is 5.82 Å². The number of hydrogen-bond donors (Lipinski definition) is 2. The summed E-state index contributed by atoms with van der Waals surface area (Å²) in [6.45, 7) is 10.9. The summed E-state index contributed by atoms with van der Waals surface area (Å²) in [6.07, 6.45) is 4.68. The molecule has 3 fully saturated rings. The average molecular weight is 518 g/mol. The smallest absolute Gasteiger partial charge is 0.315 e. The number of carbonyl (C=O) groups is 2. The van der Waals surface area contributed by atoms with Gasteiger partial charge in [0.2, 0.25) is 5.91 Å². The Morgan fingerprint density at radius 2 is 1.81 bits per heavy atom. The normalized spacial score (nSPS) is 25.6. The minimum atomic E-state index is -0.189. The Morgan fingerprint density at radius 1 is 1.03 bits per heavy atom. The van der Waals surface area contributed by atoms with Crippen LogP contribution >= 0.6 is 0 Å². The molecule has 3 aliphatic heterocycles. The van der Waals surface area contributed by atoms with Gasteiger partial charge in [-0.1, -0.05) is 19.1 Å². The standard InChI is InChI=1S/C28H44FN5O3/c1-2-27(35)34-12-9-24(26(21-34)31-28(36)30-10-13-32-14-16-37-17-15-32)20-33-11-3-4-23(19-33)18-22-5-7-25(29)8-6-22/h5-8,23-24,26H,2-4,9-21H2,1H3,(H2,30,31,36)/t23?,24-,26-/m0/s1. The molecule has 0 aliphatic carbocycles. The molecule has 2 N–H and O–H groups in total. The first-order valence-corrected chi connectivity index (χ1v) is 14.1. The molecule has 1 aromatic carbocycles. The van der Waals surface area contributed by atoms with Crippen molar-refractivity contribution in [1.29, 1.82) is 0 Å². The SMILES string of the molecule is CCC(=O)N1CC[C@@H](CN2CCCC(Cc3ccc(F)cc3)C2)[C@@H](NC(=O)NCCN2CCOCC2)C1. The minimum absolute atomic E-state index is 0.0647. The molecule has 37 heavy (non-hydrogen) atoms. The predicted octanol–water partition coefficient (Wildman–Crippen LogP) is 2.34. The van der Waals surface area contributed by atoms with Crippen LogP contribution in [0.3, 0.4) is 0 Å². The van der Waals surface area contributed by atoms with Crippen LogP contribution in [0.2, 0.25) is 0 Å². The van der Waals surface area contributed by atoms with Crippen LogP contribution in [0.15, 0.2) is 24.3 Å². The Morgan fingerprint density at radius 3 is 2.57 bits per heavy atom. The van der Waals surface area contributed by atoms with Crippen molar-refractivity contribution < 1.29 is 18.7 Å². The summed E-state index contributed by atoms with van der Waals surface area (Å²) in [7, 11) is 0. The third-order valence-corrected chi connectivity index (χ3v) is 8.08. The van der Waals surface area contributed by atoms with E-state index in [0.717, 1.165) is 78.3 Å². The van der Waals surface area contributed by atoms with E-state index in [9.17, 15) is 14.0 Å². The molecule has 1 aromatic rings. The number of nitrogens with zero attached hydrogens (tertiary/aromatic N) is 3. The Bertz CT molecular complexity index is 864. The van der Waals surface area contributed by atoms with E-state index in [1.807, 2.05) is 24.0 Å². The Balaban J connectivity index is 1.29. The molecule has 9 heteroatoms. The number of likely N-dealkylation sites (tertiary alicyclic amines) is 2. The summed E-state index contributed by atoms with van der Waals surface area (Å²) in [6, 6.07) is 6.67. The van der Waals surface area contributed by atoms with Crippen LogP contribution in [-0.2, 0) is 16.0 Å². The molecule has 0 saturated carbocycles. The van der Waals surface area contributed by atoms with Crippen LogP contribution in [0.25, 0.3) is 0 Å². The number of carbonyl (C=O) groups excluding carboxylic acids is 2. The molecule has 3 heterocycles. The molecule has 3 atom stereocenters. The monoisotopic (exact) mass is 517 g/mol. The maximum atomic E-state index is 13.3. The zero-order valence-electron chi connectivity index (χ0n) is 22.3. The van der Waals surface area contributed by atoms with E-state index in [4.69, 9.17) is 4.74 Å². The minimum Gasteiger partial charge on any atom is -0.379 e. The van der Waals surface area contributed by atoms with Gasteiger partial charge in [-0.15, -0.1) is 0 Å². The number of amides is 3. The first-order valence-electron chi connectivity index (χ1n) is 14.1. The molecule has 0 aromatic heterocycles. The van der Waals surface area contributed by atoms with E-state index in [2.05, 4.69) is 20.4 Å². The highest BCUT2D eigenvalue weighted by Crippen LogP contribution is 2.25. The highest BCUT2D eigenvalue weighted by Gasteiger charge is 2.34. The maximum absolute atomic E-state index is 13.3. The summed E-state index contributed by atoms with van der Waals surface area (Å²) < 4.78 is 18.7. The van der Waals surface area contributed by atoms with E-state index in [1.165, 1.54) is 12.0 Å². The first-order chi connectivity index (χ1) is 18.0. The third kappa shape index (κ3) is 8.65. The van der Waals surface area contributed by atoms with Gasteiger partial charge in [0.25, 0.3) is 0 Å². The quantitative estimate of drug-likeness (QED) is 0.526. The fourth-order valence-electron chi connectivity index (χ4n) is 5.97. The van der Waals surface area contributed by atoms with Crippen LogP contribution in [-0.4, -0.2) is 105 Å². The van der Waals surface area contributed by atoms with Crippen molar-refractivity contribution in [3.05, 3.63) is 35.6 Å². The van der Waals surface area contributed by atoms with Crippen LogP contribution in [0, 0.1) is 17.7 Å². The summed E-state index contributed by atoms with van der Waals surface area (Å²) in [4.78, 5) is 32.0. The predicted molar refractivity (Wildman–Crippen MR) is 142 cm³/mol. The molecule has 8 nitrogen and oxygen atoms in total. The lowest BCUT2D eigenvalue weighted by Gasteiger charge is -2.42. The van der Waals surface area contributed by atoms with Crippen LogP contribution in [0.1, 0.15) is 38.2 Å². The van der Waals surface area contributed by atoms with Gasteiger partial charge in [0.15, 0.2) is 0 Å². The fourth-order valence-corrected chi connectivity index (χ4v) is 5.97. The number of piperidine rings is 2. The topological polar surface area (TPSA) is 77.2 Å². The van der Waals surface area contributed by atoms with Gasteiger partial charge in [0.05, 0.1) is 19.3 Å². The van der Waals surface area contributed by atoms with Gasteiger partial charge in [-0.3, -0.25) is 9.69 Å². The van der Waals surface area contributed by atoms with Gasteiger partial charge in [-0.2, -0.15) is 0 Å². The molecule has 3 amide bonds. The number of benzene rings is 1. The summed E-state index contributed by atoms with van der Waals surface area (Å²) in [5, 5.41) is 6.23. The van der Waals surface area contributed by atoms with Crippen molar-refractivity contribution >= 4 is 11.9 Å². The molecule has 0 bridgehead atoms. The second-order valence-corrected chi connectivity index (χ2v) is 10.8. The number of halogens is 1. The van der Waals surface area contributed by atoms with E-state index >= 15 is 0 Å². The molecule has 1 unspecified atom stereocenters. The van der Waals surface area contributed by atoms with E-state index in [1.54, 1.807) is 12.1 Å². The van der Waals surface area contributed by atoms with E-state index in [-0.39, 0.29) is 23.8 Å². The van der Waals surface area contributed by atoms with Crippen molar-refractivity contribution in [2.24, 2.45) is 11.8 Å². The first kappa shape index (κ1) is 27.8. The number of morpholine rings is 1. The zero-order valence-corrected chi connectivity index (χ0v) is 22.3. The number of hydrogen-bond acceptors (Lipinski definition) is 5. The van der Waals surface area contributed by atoms with Crippen molar-refractivity contribution in [2.75, 3.05) is 72.1 Å². The lowest BCUT2D eigenvalue weighted by atomic mass is 9.87. The molecule has 0 radical (unpaired) electrons. The Hall–Kier alpha value is -2.23. The van der Waals surface area contributed by atoms with Crippen molar-refractivity contribution in [3.63, 3.8) is 0 Å². The molecule has 206 valence electrons. The number of ether oxygens (including phenoxy) is 1. The highest BCUT2D eigenvalue weighted by molar-refractivity contribution is 5.77. The van der Waals surface area contributed by atoms with Gasteiger partial charge in [-0.25, -0.2) is 9.18 Å². The van der Waals surface area contributed by atoms with Crippen LogP contribution in [0.5, 0.6) is 0 Å². The number of urea groups is 1. The molecule has 3 saturated heterocycles. The summed E-state index contributed by atoms with van der Waals surface area (Å²) in [5.74, 6) is 0.812. The van der Waals surface area contributed by atoms with Crippen molar-refractivity contribution in [1.82, 2.24) is 25.3 Å². The van der Waals surface area contributed by atoms with Crippen LogP contribution in [0.4, 0.5) is 9.18 Å². The molecular formula is C28H44FN5O3. The van der Waals surface area contributed by atoms with Gasteiger partial charge >= 0.3 is 6.03 Å². The molecular weight excluding hydrogens is 473 g/mol. The summed E-state index contributed by atoms with van der Waals surface area (Å²) in [5.41, 5.74) is 1.19. The average Bonchev–Trinajstić information content (AvgIpc) is 2.91. The largest absolute Gasteiger partial charge is 0.379 e. The van der Waals surface area contributed by atoms with Gasteiger partial charge in [-0.05, 0) is 61.8 Å². The van der Waals surface area contributed by atoms with Gasteiger partial charge < -0.3 is 25.2 Å². The highest BCUT2D eigenvalue weighted by atomic mass is 19.1. The van der Waals surface area contributed by atoms with Crippen molar-refractivity contribution in [2.45, 2.75) is 45.1 Å². The lowest BCUT2D eigenvalue weighted by Crippen LogP contribution is -2.58. The lowest BCUT2D eigenvalue weighted by molar-refractivity contribution is -0.132. The fraction of sp³-hybridized carbons (Fsp3) is 0.714. The van der Waals surface area contributed by atoms with E-state index < -0.39 is 0 Å². The Labute approximate surface area is 220 Å².